The maximum atomic E-state index is 9.18. The van der Waals surface area contributed by atoms with Crippen molar-refractivity contribution < 1.29 is 5.11 Å². The van der Waals surface area contributed by atoms with E-state index >= 15 is 0 Å². The molecule has 0 amide bonds. The molecule has 1 atom stereocenters. The molecule has 0 aliphatic rings. The summed E-state index contributed by atoms with van der Waals surface area (Å²) in [6, 6.07) is 9.36. The molecule has 1 aromatic carbocycles. The number of benzene rings is 1. The minimum Gasteiger partial charge on any atom is -0.394 e. The fourth-order valence-electron chi connectivity index (χ4n) is 1.71. The van der Waals surface area contributed by atoms with Crippen LogP contribution in [-0.4, -0.2) is 21.3 Å². The standard InChI is InChI=1S/C13H13N3O/c1-10(9-17)16-6-5-15-13(16)12-4-2-3-11(7-12)8-14/h2-7,10,17H,9H2,1H3/t10-/m0/s1. The van der Waals surface area contributed by atoms with Gasteiger partial charge in [-0.3, -0.25) is 0 Å². The number of rotatable bonds is 3. The highest BCUT2D eigenvalue weighted by atomic mass is 16.3. The molecule has 0 unspecified atom stereocenters. The van der Waals surface area contributed by atoms with Gasteiger partial charge in [0.2, 0.25) is 0 Å². The van der Waals surface area contributed by atoms with Crippen molar-refractivity contribution in [3.63, 3.8) is 0 Å². The van der Waals surface area contributed by atoms with E-state index in [1.165, 1.54) is 0 Å². The van der Waals surface area contributed by atoms with Crippen LogP contribution in [0.25, 0.3) is 11.4 Å². The molecule has 0 saturated carbocycles. The number of aromatic nitrogens is 2. The maximum Gasteiger partial charge on any atom is 0.140 e. The van der Waals surface area contributed by atoms with E-state index in [0.717, 1.165) is 11.4 Å². The Morgan fingerprint density at radius 1 is 1.53 bits per heavy atom. The van der Waals surface area contributed by atoms with Crippen LogP contribution in [0.3, 0.4) is 0 Å². The molecule has 1 heterocycles. The van der Waals surface area contributed by atoms with Crippen LogP contribution in [0.15, 0.2) is 36.7 Å². The molecule has 1 aromatic heterocycles. The van der Waals surface area contributed by atoms with Crippen LogP contribution in [0.4, 0.5) is 0 Å². The van der Waals surface area contributed by atoms with Crippen LogP contribution >= 0.6 is 0 Å². The van der Waals surface area contributed by atoms with Gasteiger partial charge in [0.15, 0.2) is 0 Å². The first-order chi connectivity index (χ1) is 8.26. The van der Waals surface area contributed by atoms with Gasteiger partial charge in [-0.25, -0.2) is 4.98 Å². The molecule has 0 radical (unpaired) electrons. The van der Waals surface area contributed by atoms with E-state index in [9.17, 15) is 5.11 Å². The van der Waals surface area contributed by atoms with Gasteiger partial charge in [-0.2, -0.15) is 5.26 Å². The van der Waals surface area contributed by atoms with Gasteiger partial charge < -0.3 is 9.67 Å². The lowest BCUT2D eigenvalue weighted by Gasteiger charge is -2.13. The highest BCUT2D eigenvalue weighted by molar-refractivity contribution is 5.58. The van der Waals surface area contributed by atoms with Gasteiger partial charge in [-0.1, -0.05) is 12.1 Å². The van der Waals surface area contributed by atoms with Gasteiger partial charge in [-0.05, 0) is 19.1 Å². The fraction of sp³-hybridized carbons (Fsp3) is 0.231. The SMILES string of the molecule is C[C@@H](CO)n1ccnc1-c1cccc(C#N)c1. The maximum absolute atomic E-state index is 9.18. The first-order valence-electron chi connectivity index (χ1n) is 5.40. The first kappa shape index (κ1) is 11.4. The number of hydrogen-bond donors (Lipinski definition) is 1. The highest BCUT2D eigenvalue weighted by Crippen LogP contribution is 2.21. The van der Waals surface area contributed by atoms with Crippen molar-refractivity contribution in [2.75, 3.05) is 6.61 Å². The van der Waals surface area contributed by atoms with Crippen molar-refractivity contribution in [1.82, 2.24) is 9.55 Å². The van der Waals surface area contributed by atoms with E-state index in [4.69, 9.17) is 5.26 Å². The highest BCUT2D eigenvalue weighted by Gasteiger charge is 2.10. The molecule has 0 aliphatic heterocycles. The van der Waals surface area contributed by atoms with E-state index in [1.807, 2.05) is 29.8 Å². The van der Waals surface area contributed by atoms with Crippen molar-refractivity contribution in [1.29, 1.82) is 5.26 Å². The van der Waals surface area contributed by atoms with Crippen molar-refractivity contribution >= 4 is 0 Å². The zero-order chi connectivity index (χ0) is 12.3. The van der Waals surface area contributed by atoms with E-state index in [0.29, 0.717) is 5.56 Å². The Labute approximate surface area is 99.8 Å². The van der Waals surface area contributed by atoms with Gasteiger partial charge in [0.1, 0.15) is 5.82 Å². The van der Waals surface area contributed by atoms with Crippen molar-refractivity contribution in [2.45, 2.75) is 13.0 Å². The number of nitriles is 1. The summed E-state index contributed by atoms with van der Waals surface area (Å²) in [4.78, 5) is 4.27. The summed E-state index contributed by atoms with van der Waals surface area (Å²) < 4.78 is 1.90. The van der Waals surface area contributed by atoms with Gasteiger partial charge in [0.25, 0.3) is 0 Å². The summed E-state index contributed by atoms with van der Waals surface area (Å²) in [6.07, 6.45) is 3.52. The third-order valence-corrected chi connectivity index (χ3v) is 2.66. The smallest absolute Gasteiger partial charge is 0.140 e. The zero-order valence-electron chi connectivity index (χ0n) is 9.54. The summed E-state index contributed by atoms with van der Waals surface area (Å²) >= 11 is 0. The van der Waals surface area contributed by atoms with Crippen molar-refractivity contribution in [3.8, 4) is 17.5 Å². The van der Waals surface area contributed by atoms with E-state index in [1.54, 1.807) is 18.3 Å². The normalized spacial score (nSPS) is 12.1. The molecule has 0 fully saturated rings. The van der Waals surface area contributed by atoms with Crippen LogP contribution in [0.2, 0.25) is 0 Å². The Morgan fingerprint density at radius 2 is 2.35 bits per heavy atom. The second-order valence-electron chi connectivity index (χ2n) is 3.88. The predicted octanol–water partition coefficient (Wildman–Crippen LogP) is 1.98. The third kappa shape index (κ3) is 2.19. The van der Waals surface area contributed by atoms with Gasteiger partial charge >= 0.3 is 0 Å². The molecule has 17 heavy (non-hydrogen) atoms. The molecule has 2 rings (SSSR count). The lowest BCUT2D eigenvalue weighted by atomic mass is 10.1. The molecule has 4 heteroatoms. The summed E-state index contributed by atoms with van der Waals surface area (Å²) in [5.41, 5.74) is 1.49. The van der Waals surface area contributed by atoms with E-state index < -0.39 is 0 Å². The summed E-state index contributed by atoms with van der Waals surface area (Å²) in [6.45, 7) is 1.97. The van der Waals surface area contributed by atoms with Crippen molar-refractivity contribution in [2.24, 2.45) is 0 Å². The second-order valence-corrected chi connectivity index (χ2v) is 3.88. The van der Waals surface area contributed by atoms with Gasteiger partial charge in [0, 0.05) is 18.0 Å². The molecule has 0 aliphatic carbocycles. The van der Waals surface area contributed by atoms with Crippen LogP contribution in [-0.2, 0) is 0 Å². The van der Waals surface area contributed by atoms with Gasteiger partial charge in [0.05, 0.1) is 24.3 Å². The Morgan fingerprint density at radius 3 is 3.06 bits per heavy atom. The topological polar surface area (TPSA) is 61.8 Å². The monoisotopic (exact) mass is 227 g/mol. The Kier molecular flexibility index (Phi) is 3.22. The minimum absolute atomic E-state index is 0.0294. The molecular formula is C13H13N3O. The lowest BCUT2D eigenvalue weighted by Crippen LogP contribution is -2.09. The number of nitrogens with zero attached hydrogens (tertiary/aromatic N) is 3. The summed E-state index contributed by atoms with van der Waals surface area (Å²) in [5, 5.41) is 18.0. The minimum atomic E-state index is -0.0294. The van der Waals surface area contributed by atoms with Crippen LogP contribution in [0, 0.1) is 11.3 Å². The largest absolute Gasteiger partial charge is 0.394 e. The van der Waals surface area contributed by atoms with Gasteiger partial charge in [-0.15, -0.1) is 0 Å². The van der Waals surface area contributed by atoms with Crippen LogP contribution in [0.1, 0.15) is 18.5 Å². The van der Waals surface area contributed by atoms with E-state index in [-0.39, 0.29) is 12.6 Å². The molecule has 0 bridgehead atoms. The Balaban J connectivity index is 2.46. The zero-order valence-corrected chi connectivity index (χ0v) is 9.54. The van der Waals surface area contributed by atoms with Crippen LogP contribution < -0.4 is 0 Å². The summed E-state index contributed by atoms with van der Waals surface area (Å²) in [7, 11) is 0. The molecular weight excluding hydrogens is 214 g/mol. The predicted molar refractivity (Wildman–Crippen MR) is 64.2 cm³/mol. The second kappa shape index (κ2) is 4.81. The van der Waals surface area contributed by atoms with Crippen LogP contribution in [0.5, 0.6) is 0 Å². The number of hydrogen-bond acceptors (Lipinski definition) is 3. The summed E-state index contributed by atoms with van der Waals surface area (Å²) in [5.74, 6) is 0.767. The third-order valence-electron chi connectivity index (χ3n) is 2.66. The lowest BCUT2D eigenvalue weighted by molar-refractivity contribution is 0.240. The molecule has 2 aromatic rings. The number of aliphatic hydroxyl groups excluding tert-OH is 1. The number of aliphatic hydroxyl groups is 1. The Bertz CT molecular complexity index is 554. The first-order valence-corrected chi connectivity index (χ1v) is 5.40. The van der Waals surface area contributed by atoms with Crippen molar-refractivity contribution in [3.05, 3.63) is 42.2 Å². The molecule has 0 spiro atoms. The average molecular weight is 227 g/mol. The molecule has 0 saturated heterocycles. The number of imidazole rings is 1. The molecule has 4 nitrogen and oxygen atoms in total. The average Bonchev–Trinajstić information content (AvgIpc) is 2.87. The quantitative estimate of drug-likeness (QED) is 0.872. The van der Waals surface area contributed by atoms with E-state index in [2.05, 4.69) is 11.1 Å². The molecule has 1 N–H and O–H groups in total. The fourth-order valence-corrected chi connectivity index (χ4v) is 1.71. The molecule has 86 valence electrons. The Hall–Kier alpha value is -2.12.